The molecule has 7 nitrogen and oxygen atoms in total. The number of thioether (sulfide) groups is 1. The highest BCUT2D eigenvalue weighted by atomic mass is 32.2. The van der Waals surface area contributed by atoms with Crippen molar-refractivity contribution in [1.82, 2.24) is 14.5 Å². The number of aryl methyl sites for hydroxylation is 1. The zero-order valence-electron chi connectivity index (χ0n) is 15.0. The van der Waals surface area contributed by atoms with Gasteiger partial charge in [0, 0.05) is 18.8 Å². The molecule has 0 saturated carbocycles. The van der Waals surface area contributed by atoms with Crippen molar-refractivity contribution in [2.24, 2.45) is 4.99 Å². The first-order valence-corrected chi connectivity index (χ1v) is 9.42. The van der Waals surface area contributed by atoms with E-state index in [0.717, 1.165) is 17.8 Å². The maximum Gasteiger partial charge on any atom is 0.234 e. The molecule has 1 aliphatic heterocycles. The van der Waals surface area contributed by atoms with Gasteiger partial charge in [-0.3, -0.25) is 4.99 Å². The first kappa shape index (κ1) is 17.8. The topological polar surface area (TPSA) is 87.4 Å². The minimum atomic E-state index is -1.32. The van der Waals surface area contributed by atoms with Crippen molar-refractivity contribution in [2.45, 2.75) is 38.7 Å². The lowest BCUT2D eigenvalue weighted by molar-refractivity contribution is 0.00812. The molecule has 1 atom stereocenters. The van der Waals surface area contributed by atoms with Crippen molar-refractivity contribution in [3.8, 4) is 0 Å². The molecule has 1 aromatic heterocycles. The predicted molar refractivity (Wildman–Crippen MR) is 101 cm³/mol. The molecule has 0 radical (unpaired) electrons. The quantitative estimate of drug-likeness (QED) is 0.708. The Bertz CT molecular complexity index is 850. The van der Waals surface area contributed by atoms with Gasteiger partial charge in [-0.05, 0) is 44.9 Å². The van der Waals surface area contributed by atoms with E-state index >= 15 is 0 Å². The number of benzene rings is 1. The second-order valence-corrected chi connectivity index (χ2v) is 6.89. The summed E-state index contributed by atoms with van der Waals surface area (Å²) in [5.74, 6) is -0.363. The Balaban J connectivity index is 2.08. The number of fused-ring (bicyclic) bond motifs is 1. The van der Waals surface area contributed by atoms with Crippen LogP contribution in [0.4, 0.5) is 11.6 Å². The van der Waals surface area contributed by atoms with Gasteiger partial charge in [0.25, 0.3) is 0 Å². The SMILES string of the molecule is CCN=c1nc(NCC)nc2n1[C@@](O)(Nc1cccc(C)c1C)CS2. The molecule has 3 N–H and O–H groups in total. The fourth-order valence-corrected chi connectivity index (χ4v) is 3.77. The number of rotatable bonds is 5. The summed E-state index contributed by atoms with van der Waals surface area (Å²) >= 11 is 1.48. The predicted octanol–water partition coefficient (Wildman–Crippen LogP) is 2.07. The van der Waals surface area contributed by atoms with Gasteiger partial charge in [0.2, 0.25) is 17.4 Å². The summed E-state index contributed by atoms with van der Waals surface area (Å²) in [6, 6.07) is 6.00. The largest absolute Gasteiger partial charge is 0.354 e. The molecule has 2 aromatic rings. The van der Waals surface area contributed by atoms with Gasteiger partial charge in [-0.1, -0.05) is 23.9 Å². The number of anilines is 2. The smallest absolute Gasteiger partial charge is 0.234 e. The second kappa shape index (κ2) is 7.05. The van der Waals surface area contributed by atoms with Crippen LogP contribution < -0.4 is 16.3 Å². The Morgan fingerprint density at radius 3 is 2.84 bits per heavy atom. The average Bonchev–Trinajstić information content (AvgIpc) is 2.90. The number of nitrogens with one attached hydrogen (secondary N) is 2. The van der Waals surface area contributed by atoms with E-state index in [9.17, 15) is 5.11 Å². The molecule has 0 aliphatic carbocycles. The van der Waals surface area contributed by atoms with Gasteiger partial charge < -0.3 is 15.7 Å². The van der Waals surface area contributed by atoms with Gasteiger partial charge in [0.05, 0.1) is 5.75 Å². The zero-order valence-corrected chi connectivity index (χ0v) is 15.8. The van der Waals surface area contributed by atoms with Crippen molar-refractivity contribution in [3.63, 3.8) is 0 Å². The van der Waals surface area contributed by atoms with Crippen molar-refractivity contribution in [1.29, 1.82) is 0 Å². The van der Waals surface area contributed by atoms with E-state index in [4.69, 9.17) is 0 Å². The van der Waals surface area contributed by atoms with Gasteiger partial charge in [-0.25, -0.2) is 4.57 Å². The lowest BCUT2D eigenvalue weighted by Gasteiger charge is -2.28. The highest BCUT2D eigenvalue weighted by Gasteiger charge is 2.39. The molecule has 1 aromatic carbocycles. The van der Waals surface area contributed by atoms with Crippen LogP contribution in [0.25, 0.3) is 0 Å². The van der Waals surface area contributed by atoms with Gasteiger partial charge in [-0.15, -0.1) is 0 Å². The van der Waals surface area contributed by atoms with Crippen LogP contribution in [0.1, 0.15) is 25.0 Å². The molecule has 0 unspecified atom stereocenters. The van der Waals surface area contributed by atoms with Crippen LogP contribution in [-0.2, 0) is 5.85 Å². The number of aliphatic hydroxyl groups is 1. The number of hydrogen-bond acceptors (Lipinski definition) is 7. The summed E-state index contributed by atoms with van der Waals surface area (Å²) in [5.41, 5.74) is 3.63. The molecule has 3 rings (SSSR count). The van der Waals surface area contributed by atoms with Gasteiger partial charge in [-0.2, -0.15) is 9.97 Å². The number of nitrogens with zero attached hydrogens (tertiary/aromatic N) is 4. The lowest BCUT2D eigenvalue weighted by Crippen LogP contribution is -2.48. The summed E-state index contributed by atoms with van der Waals surface area (Å²) < 4.78 is 1.68. The molecular weight excluding hydrogens is 336 g/mol. The van der Waals surface area contributed by atoms with Crippen LogP contribution in [0.15, 0.2) is 28.3 Å². The van der Waals surface area contributed by atoms with Crippen LogP contribution in [0.5, 0.6) is 0 Å². The van der Waals surface area contributed by atoms with Gasteiger partial charge >= 0.3 is 0 Å². The molecule has 134 valence electrons. The van der Waals surface area contributed by atoms with E-state index in [-0.39, 0.29) is 0 Å². The Kier molecular flexibility index (Phi) is 5.01. The highest BCUT2D eigenvalue weighted by Crippen LogP contribution is 2.35. The molecule has 8 heteroatoms. The minimum Gasteiger partial charge on any atom is -0.354 e. The van der Waals surface area contributed by atoms with Crippen molar-refractivity contribution < 1.29 is 5.11 Å². The molecule has 0 fully saturated rings. The van der Waals surface area contributed by atoms with Gasteiger partial charge in [0.1, 0.15) is 0 Å². The first-order valence-electron chi connectivity index (χ1n) is 8.44. The number of hydrogen-bond donors (Lipinski definition) is 3. The van der Waals surface area contributed by atoms with E-state index in [2.05, 4.69) is 38.6 Å². The summed E-state index contributed by atoms with van der Waals surface area (Å²) in [6.07, 6.45) is 0. The third kappa shape index (κ3) is 3.36. The van der Waals surface area contributed by atoms with Crippen LogP contribution >= 0.6 is 11.8 Å². The van der Waals surface area contributed by atoms with E-state index in [0.29, 0.717) is 29.0 Å². The van der Waals surface area contributed by atoms with Crippen LogP contribution in [0.2, 0.25) is 0 Å². The fourth-order valence-electron chi connectivity index (χ4n) is 2.72. The molecule has 2 heterocycles. The fraction of sp³-hybridized carbons (Fsp3) is 0.471. The highest BCUT2D eigenvalue weighted by molar-refractivity contribution is 7.99. The molecule has 0 amide bonds. The van der Waals surface area contributed by atoms with Crippen LogP contribution in [0, 0.1) is 13.8 Å². The van der Waals surface area contributed by atoms with E-state index < -0.39 is 5.85 Å². The molecule has 0 saturated heterocycles. The zero-order chi connectivity index (χ0) is 18.0. The van der Waals surface area contributed by atoms with Crippen molar-refractivity contribution in [2.75, 3.05) is 29.5 Å². The third-order valence-corrected chi connectivity index (χ3v) is 5.22. The molecular formula is C17H24N6OS. The maximum atomic E-state index is 11.3. The Morgan fingerprint density at radius 1 is 1.32 bits per heavy atom. The number of aromatic nitrogens is 3. The normalized spacial score (nSPS) is 19.8. The average molecular weight is 360 g/mol. The maximum absolute atomic E-state index is 11.3. The molecule has 0 bridgehead atoms. The third-order valence-electron chi connectivity index (χ3n) is 4.15. The Labute approximate surface area is 151 Å². The monoisotopic (exact) mass is 360 g/mol. The molecule has 1 aliphatic rings. The van der Waals surface area contributed by atoms with Crippen LogP contribution in [-0.4, -0.2) is 38.5 Å². The summed E-state index contributed by atoms with van der Waals surface area (Å²) in [5, 5.41) is 18.4. The van der Waals surface area contributed by atoms with Crippen molar-refractivity contribution >= 4 is 23.4 Å². The first-order chi connectivity index (χ1) is 12.0. The Hall–Kier alpha value is -2.06. The molecule has 25 heavy (non-hydrogen) atoms. The van der Waals surface area contributed by atoms with E-state index in [1.807, 2.05) is 32.9 Å². The van der Waals surface area contributed by atoms with E-state index in [1.165, 1.54) is 17.3 Å². The Morgan fingerprint density at radius 2 is 2.12 bits per heavy atom. The van der Waals surface area contributed by atoms with E-state index in [1.54, 1.807) is 4.57 Å². The second-order valence-electron chi connectivity index (χ2n) is 5.95. The van der Waals surface area contributed by atoms with Crippen molar-refractivity contribution in [3.05, 3.63) is 34.9 Å². The summed E-state index contributed by atoms with van der Waals surface area (Å²) in [7, 11) is 0. The standard InChI is InChI=1S/C17H24N6OS/c1-5-18-14-20-15(19-6-2)23-16(21-14)25-10-17(23,24)22-13-9-7-8-11(3)12(13)4/h7-9,22,24H,5-6,10H2,1-4H3,(H,18,19,20)/t17-/m0/s1. The van der Waals surface area contributed by atoms with Gasteiger partial charge in [0.15, 0.2) is 5.16 Å². The summed E-state index contributed by atoms with van der Waals surface area (Å²) in [6.45, 7) is 9.33. The minimum absolute atomic E-state index is 0.427. The van der Waals surface area contributed by atoms with Crippen LogP contribution in [0.3, 0.4) is 0 Å². The summed E-state index contributed by atoms with van der Waals surface area (Å²) in [4.78, 5) is 13.4. The molecule has 0 spiro atoms. The lowest BCUT2D eigenvalue weighted by atomic mass is 10.1.